The maximum Gasteiger partial charge on any atom is 0.261 e. The Morgan fingerprint density at radius 2 is 1.78 bits per heavy atom. The average molecular weight is 358 g/mol. The van der Waals surface area contributed by atoms with Gasteiger partial charge in [0.1, 0.15) is 5.56 Å². The number of rotatable bonds is 4. The predicted molar refractivity (Wildman–Crippen MR) is 105 cm³/mol. The van der Waals surface area contributed by atoms with Crippen molar-refractivity contribution in [1.29, 1.82) is 5.41 Å². The maximum absolute atomic E-state index is 12.8. The highest BCUT2D eigenvalue weighted by Gasteiger charge is 2.15. The predicted octanol–water partition coefficient (Wildman–Crippen LogP) is 4.72. The third-order valence-corrected chi connectivity index (χ3v) is 4.34. The topological polar surface area (TPSA) is 75.3 Å². The normalized spacial score (nSPS) is 10.9. The lowest BCUT2D eigenvalue weighted by Crippen LogP contribution is -2.21. The van der Waals surface area contributed by atoms with Crippen LogP contribution in [0.15, 0.2) is 71.1 Å². The Kier molecular flexibility index (Phi) is 4.34. The molecule has 1 heterocycles. The number of benzene rings is 3. The van der Waals surface area contributed by atoms with E-state index in [0.717, 1.165) is 10.8 Å². The molecule has 134 valence electrons. The summed E-state index contributed by atoms with van der Waals surface area (Å²) in [6.07, 6.45) is 0. The monoisotopic (exact) mass is 358 g/mol. The summed E-state index contributed by atoms with van der Waals surface area (Å²) in [7, 11) is 0. The lowest BCUT2D eigenvalue weighted by molar-refractivity contribution is 0.102. The Morgan fingerprint density at radius 1 is 1.04 bits per heavy atom. The molecular formula is C22H18N2O3. The van der Waals surface area contributed by atoms with E-state index in [9.17, 15) is 4.79 Å². The summed E-state index contributed by atoms with van der Waals surface area (Å²) in [5, 5.41) is 13.7. The van der Waals surface area contributed by atoms with Crippen LogP contribution in [0.3, 0.4) is 0 Å². The van der Waals surface area contributed by atoms with Crippen LogP contribution in [0.5, 0.6) is 5.75 Å². The van der Waals surface area contributed by atoms with Crippen molar-refractivity contribution in [1.82, 2.24) is 0 Å². The van der Waals surface area contributed by atoms with Crippen LogP contribution >= 0.6 is 0 Å². The molecule has 2 N–H and O–H groups in total. The molecule has 0 bridgehead atoms. The highest BCUT2D eigenvalue weighted by Crippen LogP contribution is 2.26. The van der Waals surface area contributed by atoms with Crippen LogP contribution < -0.4 is 15.6 Å². The molecule has 5 nitrogen and oxygen atoms in total. The third kappa shape index (κ3) is 3.15. The van der Waals surface area contributed by atoms with Gasteiger partial charge in [-0.25, -0.2) is 0 Å². The number of fused-ring (bicyclic) bond motifs is 2. The second kappa shape index (κ2) is 6.96. The van der Waals surface area contributed by atoms with E-state index in [1.165, 1.54) is 0 Å². The van der Waals surface area contributed by atoms with Crippen molar-refractivity contribution in [2.75, 3.05) is 11.9 Å². The zero-order valence-corrected chi connectivity index (χ0v) is 14.8. The van der Waals surface area contributed by atoms with Crippen molar-refractivity contribution < 1.29 is 13.9 Å². The van der Waals surface area contributed by atoms with E-state index in [-0.39, 0.29) is 17.0 Å². The van der Waals surface area contributed by atoms with Gasteiger partial charge in [-0.15, -0.1) is 0 Å². The first-order valence-electron chi connectivity index (χ1n) is 8.71. The van der Waals surface area contributed by atoms with Crippen LogP contribution in [0.2, 0.25) is 0 Å². The van der Waals surface area contributed by atoms with Crippen molar-refractivity contribution in [3.63, 3.8) is 0 Å². The highest BCUT2D eigenvalue weighted by atomic mass is 16.5. The van der Waals surface area contributed by atoms with Gasteiger partial charge in [-0.2, -0.15) is 0 Å². The standard InChI is InChI=1S/C22H18N2O3/c1-2-26-19-12-6-9-15-13-17(21(23)27-20(15)19)22(25)24-18-11-5-8-14-7-3-4-10-16(14)18/h3-13,23H,2H2,1H3,(H,24,25). The molecule has 0 aliphatic rings. The van der Waals surface area contributed by atoms with Gasteiger partial charge in [-0.1, -0.05) is 48.5 Å². The van der Waals surface area contributed by atoms with Crippen LogP contribution in [-0.4, -0.2) is 12.5 Å². The van der Waals surface area contributed by atoms with Crippen LogP contribution in [0.4, 0.5) is 5.69 Å². The lowest BCUT2D eigenvalue weighted by atomic mass is 10.1. The Balaban J connectivity index is 1.74. The highest BCUT2D eigenvalue weighted by molar-refractivity contribution is 6.09. The minimum Gasteiger partial charge on any atom is -0.490 e. The fraction of sp³-hybridized carbons (Fsp3) is 0.0909. The van der Waals surface area contributed by atoms with Crippen LogP contribution in [0.25, 0.3) is 21.7 Å². The van der Waals surface area contributed by atoms with E-state index in [2.05, 4.69) is 5.32 Å². The van der Waals surface area contributed by atoms with Crippen molar-refractivity contribution in [3.05, 3.63) is 77.8 Å². The molecule has 0 aliphatic carbocycles. The van der Waals surface area contributed by atoms with Gasteiger partial charge in [0.25, 0.3) is 5.91 Å². The van der Waals surface area contributed by atoms with Crippen molar-refractivity contribution in [2.45, 2.75) is 6.92 Å². The lowest BCUT2D eigenvalue weighted by Gasteiger charge is -2.10. The molecule has 0 radical (unpaired) electrons. The quantitative estimate of drug-likeness (QED) is 0.554. The molecule has 0 saturated heterocycles. The molecule has 4 aromatic rings. The number of carbonyl (C=O) groups is 1. The van der Waals surface area contributed by atoms with E-state index in [1.54, 1.807) is 12.1 Å². The zero-order chi connectivity index (χ0) is 18.8. The first-order chi connectivity index (χ1) is 13.2. The smallest absolute Gasteiger partial charge is 0.261 e. The van der Waals surface area contributed by atoms with Crippen molar-refractivity contribution in [3.8, 4) is 5.75 Å². The molecule has 3 aromatic carbocycles. The van der Waals surface area contributed by atoms with Gasteiger partial charge in [0, 0.05) is 16.5 Å². The summed E-state index contributed by atoms with van der Waals surface area (Å²) in [6.45, 7) is 2.37. The van der Waals surface area contributed by atoms with E-state index in [4.69, 9.17) is 14.6 Å². The summed E-state index contributed by atoms with van der Waals surface area (Å²) >= 11 is 0. The first kappa shape index (κ1) is 16.8. The molecule has 0 atom stereocenters. The first-order valence-corrected chi connectivity index (χ1v) is 8.71. The Bertz CT molecular complexity index is 1210. The van der Waals surface area contributed by atoms with Crippen molar-refractivity contribution >= 4 is 33.3 Å². The van der Waals surface area contributed by atoms with Gasteiger partial charge in [0.15, 0.2) is 11.3 Å². The summed E-state index contributed by atoms with van der Waals surface area (Å²) < 4.78 is 11.1. The summed E-state index contributed by atoms with van der Waals surface area (Å²) in [6, 6.07) is 20.6. The van der Waals surface area contributed by atoms with Crippen LogP contribution in [0.1, 0.15) is 17.3 Å². The number of ether oxygens (including phenoxy) is 1. The molecule has 4 rings (SSSR count). The van der Waals surface area contributed by atoms with Gasteiger partial charge in [-0.3, -0.25) is 10.2 Å². The molecule has 0 unspecified atom stereocenters. The molecule has 1 aromatic heterocycles. The van der Waals surface area contributed by atoms with Gasteiger partial charge >= 0.3 is 0 Å². The fourth-order valence-corrected chi connectivity index (χ4v) is 3.10. The second-order valence-corrected chi connectivity index (χ2v) is 6.08. The maximum atomic E-state index is 12.8. The fourth-order valence-electron chi connectivity index (χ4n) is 3.10. The Hall–Kier alpha value is -3.60. The molecule has 27 heavy (non-hydrogen) atoms. The summed E-state index contributed by atoms with van der Waals surface area (Å²) in [4.78, 5) is 12.8. The minimum absolute atomic E-state index is 0.170. The molecule has 0 saturated carbocycles. The van der Waals surface area contributed by atoms with E-state index < -0.39 is 0 Å². The number of amides is 1. The molecule has 1 amide bonds. The SMILES string of the molecule is CCOc1cccc2cc(C(=O)Nc3cccc4ccccc34)c(=N)oc12. The number of para-hydroxylation sites is 1. The van der Waals surface area contributed by atoms with Crippen molar-refractivity contribution in [2.24, 2.45) is 0 Å². The molecule has 5 heteroatoms. The molecule has 0 fully saturated rings. The van der Waals surface area contributed by atoms with E-state index >= 15 is 0 Å². The van der Waals surface area contributed by atoms with Gasteiger partial charge in [-0.05, 0) is 30.5 Å². The number of hydrogen-bond acceptors (Lipinski definition) is 4. The number of anilines is 1. The van der Waals surface area contributed by atoms with E-state index in [1.807, 2.05) is 61.5 Å². The largest absolute Gasteiger partial charge is 0.490 e. The number of carbonyl (C=O) groups excluding carboxylic acids is 1. The van der Waals surface area contributed by atoms with Crippen LogP contribution in [0, 0.1) is 5.41 Å². The van der Waals surface area contributed by atoms with Crippen LogP contribution in [-0.2, 0) is 0 Å². The number of nitrogens with one attached hydrogen (secondary N) is 2. The van der Waals surface area contributed by atoms with Gasteiger partial charge < -0.3 is 14.5 Å². The number of hydrogen-bond donors (Lipinski definition) is 2. The van der Waals surface area contributed by atoms with E-state index in [0.29, 0.717) is 29.0 Å². The molecule has 0 aliphatic heterocycles. The average Bonchev–Trinajstić information content (AvgIpc) is 2.68. The Labute approximate surface area is 155 Å². The molecular weight excluding hydrogens is 340 g/mol. The second-order valence-electron chi connectivity index (χ2n) is 6.08. The third-order valence-electron chi connectivity index (χ3n) is 4.34. The summed E-state index contributed by atoms with van der Waals surface area (Å²) in [5.41, 5.74) is 1.13. The minimum atomic E-state index is -0.385. The zero-order valence-electron chi connectivity index (χ0n) is 14.8. The summed E-state index contributed by atoms with van der Waals surface area (Å²) in [5.74, 6) is 0.174. The van der Waals surface area contributed by atoms with Gasteiger partial charge in [0.2, 0.25) is 5.55 Å². The Morgan fingerprint density at radius 3 is 2.63 bits per heavy atom. The van der Waals surface area contributed by atoms with Gasteiger partial charge in [0.05, 0.1) is 6.61 Å². The molecule has 0 spiro atoms.